The van der Waals surface area contributed by atoms with Crippen LogP contribution in [0.25, 0.3) is 0 Å². The number of carbonyl (C=O) groups is 1. The van der Waals surface area contributed by atoms with Gasteiger partial charge in [0.1, 0.15) is 5.82 Å². The molecule has 1 heterocycles. The first kappa shape index (κ1) is 13.0. The molecule has 1 amide bonds. The summed E-state index contributed by atoms with van der Waals surface area (Å²) in [5, 5.41) is 2.77. The standard InChI is InChI=1S/C13H17FN2O2/c14-12-4-3-11(6-10(12)7-15)16-13(17)9-2-1-5-18-8-9/h3-4,6,9H,1-2,5,7-8,15H2,(H,16,17). The maximum atomic E-state index is 13.2. The van der Waals surface area contributed by atoms with Crippen molar-refractivity contribution in [2.24, 2.45) is 11.7 Å². The van der Waals surface area contributed by atoms with Gasteiger partial charge >= 0.3 is 0 Å². The van der Waals surface area contributed by atoms with Crippen molar-refractivity contribution < 1.29 is 13.9 Å². The van der Waals surface area contributed by atoms with Crippen LogP contribution in [0.15, 0.2) is 18.2 Å². The van der Waals surface area contributed by atoms with Gasteiger partial charge in [-0.1, -0.05) is 0 Å². The Labute approximate surface area is 105 Å². The lowest BCUT2D eigenvalue weighted by molar-refractivity contribution is -0.123. The number of carbonyl (C=O) groups excluding carboxylic acids is 1. The highest BCUT2D eigenvalue weighted by Crippen LogP contribution is 2.18. The molecule has 18 heavy (non-hydrogen) atoms. The molecule has 5 heteroatoms. The van der Waals surface area contributed by atoms with Gasteiger partial charge in [0, 0.05) is 24.4 Å². The zero-order chi connectivity index (χ0) is 13.0. The van der Waals surface area contributed by atoms with Crippen molar-refractivity contribution in [2.75, 3.05) is 18.5 Å². The molecule has 1 aromatic rings. The molecule has 0 radical (unpaired) electrons. The number of anilines is 1. The van der Waals surface area contributed by atoms with Crippen molar-refractivity contribution in [1.82, 2.24) is 0 Å². The van der Waals surface area contributed by atoms with Crippen LogP contribution in [-0.4, -0.2) is 19.1 Å². The molecule has 1 atom stereocenters. The average Bonchev–Trinajstić information content (AvgIpc) is 2.42. The minimum Gasteiger partial charge on any atom is -0.381 e. The maximum Gasteiger partial charge on any atom is 0.229 e. The van der Waals surface area contributed by atoms with E-state index in [-0.39, 0.29) is 24.2 Å². The molecule has 1 aliphatic heterocycles. The lowest BCUT2D eigenvalue weighted by atomic mass is 10.0. The number of ether oxygens (including phenoxy) is 1. The molecule has 1 saturated heterocycles. The third kappa shape index (κ3) is 3.05. The molecular formula is C13H17FN2O2. The minimum absolute atomic E-state index is 0.0794. The molecule has 0 spiro atoms. The van der Waals surface area contributed by atoms with E-state index in [9.17, 15) is 9.18 Å². The van der Waals surface area contributed by atoms with Crippen molar-refractivity contribution >= 4 is 11.6 Å². The summed E-state index contributed by atoms with van der Waals surface area (Å²) in [6, 6.07) is 4.42. The summed E-state index contributed by atoms with van der Waals surface area (Å²) in [6.45, 7) is 1.29. The first-order valence-corrected chi connectivity index (χ1v) is 6.08. The Hall–Kier alpha value is -1.46. The van der Waals surface area contributed by atoms with Crippen LogP contribution in [0.4, 0.5) is 10.1 Å². The number of halogens is 1. The Bertz CT molecular complexity index is 431. The van der Waals surface area contributed by atoms with Gasteiger partial charge in [0.15, 0.2) is 0 Å². The number of amides is 1. The van der Waals surface area contributed by atoms with Gasteiger partial charge in [-0.05, 0) is 31.0 Å². The SMILES string of the molecule is NCc1cc(NC(=O)C2CCCOC2)ccc1F. The van der Waals surface area contributed by atoms with Crippen LogP contribution in [0.1, 0.15) is 18.4 Å². The monoisotopic (exact) mass is 252 g/mol. The normalized spacial score (nSPS) is 19.6. The van der Waals surface area contributed by atoms with E-state index in [0.29, 0.717) is 17.9 Å². The molecule has 98 valence electrons. The Balaban J connectivity index is 2.02. The second-order valence-electron chi connectivity index (χ2n) is 4.41. The minimum atomic E-state index is -0.350. The van der Waals surface area contributed by atoms with Crippen LogP contribution in [-0.2, 0) is 16.1 Å². The molecule has 4 nitrogen and oxygen atoms in total. The van der Waals surface area contributed by atoms with Crippen molar-refractivity contribution in [2.45, 2.75) is 19.4 Å². The van der Waals surface area contributed by atoms with E-state index in [0.717, 1.165) is 19.4 Å². The van der Waals surface area contributed by atoms with Gasteiger partial charge in [-0.2, -0.15) is 0 Å². The molecule has 3 N–H and O–H groups in total. The topological polar surface area (TPSA) is 64.3 Å². The highest BCUT2D eigenvalue weighted by atomic mass is 19.1. The predicted molar refractivity (Wildman–Crippen MR) is 66.5 cm³/mol. The second kappa shape index (κ2) is 5.93. The van der Waals surface area contributed by atoms with Crippen molar-refractivity contribution in [1.29, 1.82) is 0 Å². The van der Waals surface area contributed by atoms with E-state index >= 15 is 0 Å². The van der Waals surface area contributed by atoms with Crippen LogP contribution in [0.3, 0.4) is 0 Å². The number of nitrogens with two attached hydrogens (primary N) is 1. The summed E-state index contributed by atoms with van der Waals surface area (Å²) in [4.78, 5) is 11.9. The summed E-state index contributed by atoms with van der Waals surface area (Å²) < 4.78 is 18.5. The summed E-state index contributed by atoms with van der Waals surface area (Å²) >= 11 is 0. The number of nitrogens with one attached hydrogen (secondary N) is 1. The zero-order valence-corrected chi connectivity index (χ0v) is 10.1. The molecule has 1 unspecified atom stereocenters. The van der Waals surface area contributed by atoms with Gasteiger partial charge in [0.25, 0.3) is 0 Å². The molecule has 0 bridgehead atoms. The second-order valence-corrected chi connectivity index (χ2v) is 4.41. The van der Waals surface area contributed by atoms with E-state index in [4.69, 9.17) is 10.5 Å². The fourth-order valence-electron chi connectivity index (χ4n) is 2.00. The van der Waals surface area contributed by atoms with Crippen LogP contribution in [0.5, 0.6) is 0 Å². The summed E-state index contributed by atoms with van der Waals surface area (Å²) in [7, 11) is 0. The van der Waals surface area contributed by atoms with E-state index in [1.54, 1.807) is 6.07 Å². The van der Waals surface area contributed by atoms with Gasteiger partial charge in [-0.25, -0.2) is 4.39 Å². The van der Waals surface area contributed by atoms with Gasteiger partial charge in [-0.15, -0.1) is 0 Å². The first-order chi connectivity index (χ1) is 8.70. The Morgan fingerprint density at radius 1 is 1.56 bits per heavy atom. The predicted octanol–water partition coefficient (Wildman–Crippen LogP) is 1.65. The van der Waals surface area contributed by atoms with E-state index in [1.165, 1.54) is 12.1 Å². The fourth-order valence-corrected chi connectivity index (χ4v) is 2.00. The van der Waals surface area contributed by atoms with Crippen molar-refractivity contribution in [3.8, 4) is 0 Å². The molecule has 1 aliphatic rings. The van der Waals surface area contributed by atoms with Crippen LogP contribution in [0, 0.1) is 11.7 Å². The van der Waals surface area contributed by atoms with E-state index in [2.05, 4.69) is 5.32 Å². The molecule has 0 saturated carbocycles. The molecule has 0 aromatic heterocycles. The quantitative estimate of drug-likeness (QED) is 0.859. The van der Waals surface area contributed by atoms with Crippen molar-refractivity contribution in [3.63, 3.8) is 0 Å². The van der Waals surface area contributed by atoms with Crippen LogP contribution in [0.2, 0.25) is 0 Å². The maximum absolute atomic E-state index is 13.2. The van der Waals surface area contributed by atoms with Crippen LogP contribution >= 0.6 is 0 Å². The first-order valence-electron chi connectivity index (χ1n) is 6.08. The van der Waals surface area contributed by atoms with E-state index in [1.807, 2.05) is 0 Å². The number of rotatable bonds is 3. The molecular weight excluding hydrogens is 235 g/mol. The Morgan fingerprint density at radius 2 is 2.39 bits per heavy atom. The number of hydrogen-bond donors (Lipinski definition) is 2. The van der Waals surface area contributed by atoms with Gasteiger partial charge in [-0.3, -0.25) is 4.79 Å². The van der Waals surface area contributed by atoms with Gasteiger partial charge in [0.05, 0.1) is 12.5 Å². The summed E-state index contributed by atoms with van der Waals surface area (Å²) in [5.41, 5.74) is 6.39. The Kier molecular flexibility index (Phi) is 4.28. The number of hydrogen-bond acceptors (Lipinski definition) is 3. The molecule has 2 rings (SSSR count). The average molecular weight is 252 g/mol. The van der Waals surface area contributed by atoms with E-state index < -0.39 is 0 Å². The smallest absolute Gasteiger partial charge is 0.229 e. The summed E-state index contributed by atoms with van der Waals surface area (Å²) in [6.07, 6.45) is 1.73. The number of benzene rings is 1. The highest BCUT2D eigenvalue weighted by molar-refractivity contribution is 5.92. The molecule has 1 fully saturated rings. The molecule has 0 aliphatic carbocycles. The zero-order valence-electron chi connectivity index (χ0n) is 10.1. The molecule has 1 aromatic carbocycles. The van der Waals surface area contributed by atoms with Crippen LogP contribution < -0.4 is 11.1 Å². The van der Waals surface area contributed by atoms with Gasteiger partial charge in [0.2, 0.25) is 5.91 Å². The lowest BCUT2D eigenvalue weighted by Crippen LogP contribution is -2.30. The Morgan fingerprint density at radius 3 is 3.06 bits per heavy atom. The van der Waals surface area contributed by atoms with Crippen molar-refractivity contribution in [3.05, 3.63) is 29.6 Å². The lowest BCUT2D eigenvalue weighted by Gasteiger charge is -2.21. The fraction of sp³-hybridized carbons (Fsp3) is 0.462. The highest BCUT2D eigenvalue weighted by Gasteiger charge is 2.21. The van der Waals surface area contributed by atoms with Gasteiger partial charge < -0.3 is 15.8 Å². The third-order valence-electron chi connectivity index (χ3n) is 3.06. The third-order valence-corrected chi connectivity index (χ3v) is 3.06. The largest absolute Gasteiger partial charge is 0.381 e. The summed E-state index contributed by atoms with van der Waals surface area (Å²) in [5.74, 6) is -0.550.